The highest BCUT2D eigenvalue weighted by Crippen LogP contribution is 2.35. The van der Waals surface area contributed by atoms with Gasteiger partial charge in [-0.2, -0.15) is 0 Å². The lowest BCUT2D eigenvalue weighted by Gasteiger charge is -2.11. The second-order valence-electron chi connectivity index (χ2n) is 3.12. The molecule has 17 heavy (non-hydrogen) atoms. The van der Waals surface area contributed by atoms with E-state index in [1.165, 1.54) is 21.0 Å². The van der Waals surface area contributed by atoms with E-state index in [4.69, 9.17) is 14.2 Å². The van der Waals surface area contributed by atoms with E-state index in [2.05, 4.69) is 0 Å². The molecule has 0 saturated carbocycles. The fraction of sp³-hybridized carbons (Fsp3) is 0.273. The Morgan fingerprint density at radius 2 is 1.47 bits per heavy atom. The van der Waals surface area contributed by atoms with Crippen LogP contribution in [0.25, 0.3) is 0 Å². The number of hydrogen-bond acceptors (Lipinski definition) is 5. The van der Waals surface area contributed by atoms with Crippen molar-refractivity contribution in [3.05, 3.63) is 15.7 Å². The predicted octanol–water partition coefficient (Wildman–Crippen LogP) is 2.15. The minimum absolute atomic E-state index is 0.300. The lowest BCUT2D eigenvalue weighted by atomic mass is 10.3. The summed E-state index contributed by atoms with van der Waals surface area (Å²) in [4.78, 5) is 21.8. The van der Waals surface area contributed by atoms with Crippen LogP contribution in [0.3, 0.4) is 0 Å². The van der Waals surface area contributed by atoms with E-state index in [0.717, 1.165) is 0 Å². The Morgan fingerprint density at radius 1 is 1.06 bits per heavy atom. The van der Waals surface area contributed by atoms with Gasteiger partial charge in [0.1, 0.15) is 5.75 Å². The summed E-state index contributed by atoms with van der Waals surface area (Å²) in [5.41, 5.74) is 0. The van der Waals surface area contributed by atoms with Crippen molar-refractivity contribution in [1.82, 2.24) is 0 Å². The first kappa shape index (κ1) is 13.8. The van der Waals surface area contributed by atoms with Crippen molar-refractivity contribution >= 4 is 34.5 Å². The maximum absolute atomic E-state index is 10.9. The highest BCUT2D eigenvalue weighted by Gasteiger charge is 2.14. The highest BCUT2D eigenvalue weighted by atomic mass is 127. The van der Waals surface area contributed by atoms with Crippen LogP contribution in [0, 0.1) is 3.57 Å². The maximum atomic E-state index is 10.9. The molecule has 0 aliphatic heterocycles. The van der Waals surface area contributed by atoms with Crippen molar-refractivity contribution in [2.75, 3.05) is 7.11 Å². The van der Waals surface area contributed by atoms with Crippen molar-refractivity contribution in [1.29, 1.82) is 0 Å². The average Bonchev–Trinajstić information content (AvgIpc) is 2.22. The highest BCUT2D eigenvalue weighted by molar-refractivity contribution is 14.1. The molecule has 0 spiro atoms. The third-order valence-electron chi connectivity index (χ3n) is 1.72. The van der Waals surface area contributed by atoms with Crippen LogP contribution in [-0.4, -0.2) is 19.0 Å². The standard InChI is InChI=1S/C11H11IO5/c1-6(13)16-9-4-8(15-3)5-10(11(9)12)17-7(2)14/h4-5H,1-3H3. The Balaban J connectivity index is 3.20. The summed E-state index contributed by atoms with van der Waals surface area (Å²) in [5, 5.41) is 0. The van der Waals surface area contributed by atoms with Crippen LogP contribution in [0.15, 0.2) is 12.1 Å². The molecule has 92 valence electrons. The number of carbonyl (C=O) groups is 2. The number of halogens is 1. The second kappa shape index (κ2) is 5.85. The van der Waals surface area contributed by atoms with E-state index in [-0.39, 0.29) is 0 Å². The van der Waals surface area contributed by atoms with Gasteiger partial charge in [0.2, 0.25) is 0 Å². The molecule has 0 atom stereocenters. The van der Waals surface area contributed by atoms with Crippen molar-refractivity contribution in [2.45, 2.75) is 13.8 Å². The summed E-state index contributed by atoms with van der Waals surface area (Å²) in [6.07, 6.45) is 0. The predicted molar refractivity (Wildman–Crippen MR) is 68.3 cm³/mol. The van der Waals surface area contributed by atoms with Gasteiger partial charge in [-0.05, 0) is 22.6 Å². The normalized spacial score (nSPS) is 9.65. The molecule has 5 nitrogen and oxygen atoms in total. The first-order valence-corrected chi connectivity index (χ1v) is 5.76. The van der Waals surface area contributed by atoms with E-state index >= 15 is 0 Å². The molecule has 1 aromatic carbocycles. The molecule has 0 fully saturated rings. The summed E-state index contributed by atoms with van der Waals surface area (Å²) in [6.45, 7) is 2.59. The average molecular weight is 350 g/mol. The molecule has 0 N–H and O–H groups in total. The molecule has 0 unspecified atom stereocenters. The zero-order chi connectivity index (χ0) is 13.0. The van der Waals surface area contributed by atoms with Crippen LogP contribution in [0.5, 0.6) is 17.2 Å². The third kappa shape index (κ3) is 3.88. The zero-order valence-corrected chi connectivity index (χ0v) is 11.7. The van der Waals surface area contributed by atoms with Gasteiger partial charge in [0.25, 0.3) is 0 Å². The van der Waals surface area contributed by atoms with Crippen LogP contribution in [-0.2, 0) is 9.59 Å². The Bertz CT molecular complexity index is 418. The van der Waals surface area contributed by atoms with Gasteiger partial charge < -0.3 is 14.2 Å². The van der Waals surface area contributed by atoms with E-state index < -0.39 is 11.9 Å². The molecule has 1 rings (SSSR count). The van der Waals surface area contributed by atoms with Crippen molar-refractivity contribution < 1.29 is 23.8 Å². The topological polar surface area (TPSA) is 61.8 Å². The summed E-state index contributed by atoms with van der Waals surface area (Å²) in [6, 6.07) is 3.10. The first-order chi connectivity index (χ1) is 7.93. The lowest BCUT2D eigenvalue weighted by molar-refractivity contribution is -0.132. The van der Waals surface area contributed by atoms with Gasteiger partial charge in [-0.15, -0.1) is 0 Å². The van der Waals surface area contributed by atoms with Crippen LogP contribution in [0.1, 0.15) is 13.8 Å². The van der Waals surface area contributed by atoms with E-state index in [9.17, 15) is 9.59 Å². The molecule has 0 aliphatic rings. The van der Waals surface area contributed by atoms with Crippen LogP contribution < -0.4 is 14.2 Å². The molecule has 0 amide bonds. The molecule has 0 aromatic heterocycles. The number of methoxy groups -OCH3 is 1. The molecular weight excluding hydrogens is 339 g/mol. The molecule has 0 heterocycles. The minimum atomic E-state index is -0.454. The van der Waals surface area contributed by atoms with Gasteiger partial charge in [0.05, 0.1) is 10.7 Å². The molecule has 0 bridgehead atoms. The minimum Gasteiger partial charge on any atom is -0.496 e. The molecule has 0 aliphatic carbocycles. The number of benzene rings is 1. The molecule has 6 heteroatoms. The van der Waals surface area contributed by atoms with Gasteiger partial charge in [0.15, 0.2) is 11.5 Å². The molecule has 0 radical (unpaired) electrons. The summed E-state index contributed by atoms with van der Waals surface area (Å²) < 4.78 is 15.5. The van der Waals surface area contributed by atoms with Gasteiger partial charge in [0, 0.05) is 26.0 Å². The Kier molecular flexibility index (Phi) is 4.73. The van der Waals surface area contributed by atoms with Crippen molar-refractivity contribution in [3.63, 3.8) is 0 Å². The lowest BCUT2D eigenvalue weighted by Crippen LogP contribution is -2.07. The number of hydrogen-bond donors (Lipinski definition) is 0. The van der Waals surface area contributed by atoms with E-state index in [1.807, 2.05) is 22.6 Å². The first-order valence-electron chi connectivity index (χ1n) is 4.68. The monoisotopic (exact) mass is 350 g/mol. The Labute approximate surface area is 112 Å². The van der Waals surface area contributed by atoms with Gasteiger partial charge >= 0.3 is 11.9 Å². The second-order valence-corrected chi connectivity index (χ2v) is 4.20. The smallest absolute Gasteiger partial charge is 0.308 e. The SMILES string of the molecule is COc1cc(OC(C)=O)c(I)c(OC(C)=O)c1. The number of ether oxygens (including phenoxy) is 3. The van der Waals surface area contributed by atoms with Crippen molar-refractivity contribution in [2.24, 2.45) is 0 Å². The third-order valence-corrected chi connectivity index (χ3v) is 2.79. The Hall–Kier alpha value is -1.31. The molecule has 0 saturated heterocycles. The number of esters is 2. The van der Waals surface area contributed by atoms with E-state index in [0.29, 0.717) is 20.8 Å². The molecular formula is C11H11IO5. The maximum Gasteiger partial charge on any atom is 0.308 e. The summed E-state index contributed by atoms with van der Waals surface area (Å²) >= 11 is 1.93. The van der Waals surface area contributed by atoms with Gasteiger partial charge in [-0.25, -0.2) is 0 Å². The molecule has 1 aromatic rings. The van der Waals surface area contributed by atoms with E-state index in [1.54, 1.807) is 12.1 Å². The Morgan fingerprint density at radius 3 is 1.76 bits per heavy atom. The summed E-state index contributed by atoms with van der Waals surface area (Å²) in [7, 11) is 1.47. The van der Waals surface area contributed by atoms with Gasteiger partial charge in [-0.1, -0.05) is 0 Å². The largest absolute Gasteiger partial charge is 0.496 e. The van der Waals surface area contributed by atoms with Gasteiger partial charge in [-0.3, -0.25) is 9.59 Å². The van der Waals surface area contributed by atoms with Crippen LogP contribution in [0.4, 0.5) is 0 Å². The fourth-order valence-corrected chi connectivity index (χ4v) is 1.66. The number of rotatable bonds is 3. The summed E-state index contributed by atoms with van der Waals surface area (Å²) in [5.74, 6) is 0.134. The van der Waals surface area contributed by atoms with Crippen LogP contribution >= 0.6 is 22.6 Å². The number of carbonyl (C=O) groups excluding carboxylic acids is 2. The van der Waals surface area contributed by atoms with Crippen LogP contribution in [0.2, 0.25) is 0 Å². The zero-order valence-electron chi connectivity index (χ0n) is 9.57. The quantitative estimate of drug-likeness (QED) is 0.475. The fourth-order valence-electron chi connectivity index (χ4n) is 1.12. The van der Waals surface area contributed by atoms with Crippen molar-refractivity contribution in [3.8, 4) is 17.2 Å².